The normalized spacial score (nSPS) is 15.2. The molecule has 0 radical (unpaired) electrons. The van der Waals surface area contributed by atoms with E-state index in [1.807, 2.05) is 31.2 Å². The molecule has 0 aliphatic carbocycles. The number of fused-ring (bicyclic) bond motifs is 1. The summed E-state index contributed by atoms with van der Waals surface area (Å²) in [4.78, 5) is 29.2. The molecular formula is C20H23N5O2. The lowest BCUT2D eigenvalue weighted by molar-refractivity contribution is 0.0526. The quantitative estimate of drug-likeness (QED) is 0.700. The van der Waals surface area contributed by atoms with E-state index in [9.17, 15) is 4.79 Å². The van der Waals surface area contributed by atoms with Crippen LogP contribution >= 0.6 is 0 Å². The van der Waals surface area contributed by atoms with E-state index in [0.717, 1.165) is 49.6 Å². The number of rotatable bonds is 5. The molecule has 2 aromatic heterocycles. The van der Waals surface area contributed by atoms with Crippen molar-refractivity contribution in [3.05, 3.63) is 54.0 Å². The number of nitrogens with one attached hydrogen (secondary N) is 1. The fourth-order valence-electron chi connectivity index (χ4n) is 3.43. The van der Waals surface area contributed by atoms with Crippen LogP contribution in [0.15, 0.2) is 42.6 Å². The molecule has 0 atom stereocenters. The first kappa shape index (κ1) is 17.5. The van der Waals surface area contributed by atoms with Gasteiger partial charge in [-0.05, 0) is 31.2 Å². The van der Waals surface area contributed by atoms with Crippen LogP contribution in [0.1, 0.15) is 23.1 Å². The van der Waals surface area contributed by atoms with E-state index in [4.69, 9.17) is 4.74 Å². The Morgan fingerprint density at radius 2 is 1.96 bits per heavy atom. The van der Waals surface area contributed by atoms with Gasteiger partial charge in [0.1, 0.15) is 17.2 Å². The second-order valence-corrected chi connectivity index (χ2v) is 6.56. The Morgan fingerprint density at radius 3 is 2.74 bits per heavy atom. The fourth-order valence-corrected chi connectivity index (χ4v) is 3.43. The van der Waals surface area contributed by atoms with Crippen LogP contribution in [-0.2, 0) is 11.3 Å². The van der Waals surface area contributed by atoms with E-state index in [-0.39, 0.29) is 5.97 Å². The Kier molecular flexibility index (Phi) is 5.02. The number of H-pyrrole nitrogens is 1. The molecule has 1 fully saturated rings. The van der Waals surface area contributed by atoms with Gasteiger partial charge in [0.2, 0.25) is 0 Å². The van der Waals surface area contributed by atoms with Crippen molar-refractivity contribution in [2.45, 2.75) is 13.5 Å². The Hall–Kier alpha value is -2.93. The number of nitrogens with zero attached hydrogens (tertiary/aromatic N) is 4. The monoisotopic (exact) mass is 365 g/mol. The highest BCUT2D eigenvalue weighted by Gasteiger charge is 2.23. The second kappa shape index (κ2) is 7.75. The van der Waals surface area contributed by atoms with Gasteiger partial charge in [-0.15, -0.1) is 0 Å². The molecule has 0 bridgehead atoms. The topological polar surface area (TPSA) is 74.3 Å². The van der Waals surface area contributed by atoms with Crippen molar-refractivity contribution in [2.24, 2.45) is 0 Å². The van der Waals surface area contributed by atoms with E-state index in [1.165, 1.54) is 0 Å². The predicted octanol–water partition coefficient (Wildman–Crippen LogP) is 2.46. The minimum Gasteiger partial charge on any atom is -0.462 e. The lowest BCUT2D eigenvalue weighted by atomic mass is 10.2. The SMILES string of the molecule is CCOC(=O)c1cccnc1N1CCN(Cc2nc3ccccc3[nH]2)CC1. The maximum Gasteiger partial charge on any atom is 0.341 e. The highest BCUT2D eigenvalue weighted by molar-refractivity contribution is 5.94. The molecule has 1 aliphatic rings. The summed E-state index contributed by atoms with van der Waals surface area (Å²) in [6, 6.07) is 11.6. The first-order valence-corrected chi connectivity index (χ1v) is 9.27. The maximum atomic E-state index is 12.2. The molecule has 4 rings (SSSR count). The van der Waals surface area contributed by atoms with Crippen molar-refractivity contribution in [1.29, 1.82) is 0 Å². The Labute approximate surface area is 158 Å². The van der Waals surface area contributed by atoms with E-state index in [2.05, 4.69) is 24.8 Å². The minimum absolute atomic E-state index is 0.315. The molecule has 7 nitrogen and oxygen atoms in total. The lowest BCUT2D eigenvalue weighted by Crippen LogP contribution is -2.46. The standard InChI is InChI=1S/C20H23N5O2/c1-2-27-20(26)15-6-5-9-21-19(15)25-12-10-24(11-13-25)14-18-22-16-7-3-4-8-17(16)23-18/h3-9H,2,10-14H2,1H3,(H,22,23). The van der Waals surface area contributed by atoms with Gasteiger partial charge in [-0.3, -0.25) is 4.90 Å². The molecule has 0 spiro atoms. The van der Waals surface area contributed by atoms with Crippen molar-refractivity contribution >= 4 is 22.8 Å². The largest absolute Gasteiger partial charge is 0.462 e. The highest BCUT2D eigenvalue weighted by Crippen LogP contribution is 2.21. The molecule has 1 aliphatic heterocycles. The van der Waals surface area contributed by atoms with Gasteiger partial charge in [0.05, 0.1) is 24.2 Å². The zero-order valence-corrected chi connectivity index (χ0v) is 15.4. The number of anilines is 1. The van der Waals surface area contributed by atoms with Gasteiger partial charge in [-0.2, -0.15) is 0 Å². The number of benzene rings is 1. The number of para-hydroxylation sites is 2. The van der Waals surface area contributed by atoms with Crippen molar-refractivity contribution in [1.82, 2.24) is 19.9 Å². The molecule has 0 amide bonds. The molecule has 3 heterocycles. The van der Waals surface area contributed by atoms with E-state index < -0.39 is 0 Å². The fraction of sp³-hybridized carbons (Fsp3) is 0.350. The number of pyridine rings is 1. The zero-order valence-electron chi connectivity index (χ0n) is 15.4. The van der Waals surface area contributed by atoms with Crippen LogP contribution in [0.2, 0.25) is 0 Å². The van der Waals surface area contributed by atoms with Gasteiger partial charge in [0.15, 0.2) is 0 Å². The number of imidazole rings is 1. The molecule has 1 aromatic carbocycles. The number of piperazine rings is 1. The van der Waals surface area contributed by atoms with Crippen LogP contribution in [0.5, 0.6) is 0 Å². The third-order valence-corrected chi connectivity index (χ3v) is 4.77. The van der Waals surface area contributed by atoms with Gasteiger partial charge >= 0.3 is 5.97 Å². The Bertz CT molecular complexity index is 898. The van der Waals surface area contributed by atoms with Crippen molar-refractivity contribution in [3.8, 4) is 0 Å². The number of carbonyl (C=O) groups is 1. The predicted molar refractivity (Wildman–Crippen MR) is 104 cm³/mol. The summed E-state index contributed by atoms with van der Waals surface area (Å²) in [7, 11) is 0. The smallest absolute Gasteiger partial charge is 0.341 e. The Morgan fingerprint density at radius 1 is 1.15 bits per heavy atom. The molecule has 7 heteroatoms. The third-order valence-electron chi connectivity index (χ3n) is 4.77. The summed E-state index contributed by atoms with van der Waals surface area (Å²) >= 11 is 0. The highest BCUT2D eigenvalue weighted by atomic mass is 16.5. The summed E-state index contributed by atoms with van der Waals surface area (Å²) in [6.07, 6.45) is 1.72. The average molecular weight is 365 g/mol. The average Bonchev–Trinajstić information content (AvgIpc) is 3.11. The number of aromatic nitrogens is 3. The van der Waals surface area contributed by atoms with Crippen LogP contribution in [0, 0.1) is 0 Å². The van der Waals surface area contributed by atoms with Crippen LogP contribution < -0.4 is 4.90 Å². The summed E-state index contributed by atoms with van der Waals surface area (Å²) in [5.41, 5.74) is 2.60. The molecule has 140 valence electrons. The van der Waals surface area contributed by atoms with Gasteiger partial charge in [-0.1, -0.05) is 12.1 Å². The lowest BCUT2D eigenvalue weighted by Gasteiger charge is -2.35. The zero-order chi connectivity index (χ0) is 18.6. The number of carbonyl (C=O) groups excluding carboxylic acids is 1. The van der Waals surface area contributed by atoms with Crippen molar-refractivity contribution in [2.75, 3.05) is 37.7 Å². The minimum atomic E-state index is -0.315. The van der Waals surface area contributed by atoms with Gasteiger partial charge in [0, 0.05) is 32.4 Å². The Balaban J connectivity index is 1.41. The molecule has 3 aromatic rings. The number of esters is 1. The molecule has 27 heavy (non-hydrogen) atoms. The molecule has 0 saturated carbocycles. The first-order chi connectivity index (χ1) is 13.2. The van der Waals surface area contributed by atoms with E-state index in [0.29, 0.717) is 18.0 Å². The molecular weight excluding hydrogens is 342 g/mol. The molecule has 1 N–H and O–H groups in total. The van der Waals surface area contributed by atoms with E-state index in [1.54, 1.807) is 18.3 Å². The van der Waals surface area contributed by atoms with Crippen LogP contribution in [-0.4, -0.2) is 58.6 Å². The number of hydrogen-bond donors (Lipinski definition) is 1. The summed E-state index contributed by atoms with van der Waals surface area (Å²) in [5, 5.41) is 0. The third kappa shape index (κ3) is 3.78. The first-order valence-electron chi connectivity index (χ1n) is 9.27. The number of aromatic amines is 1. The summed E-state index contributed by atoms with van der Waals surface area (Å²) in [5.74, 6) is 1.37. The van der Waals surface area contributed by atoms with E-state index >= 15 is 0 Å². The van der Waals surface area contributed by atoms with Crippen LogP contribution in [0.4, 0.5) is 5.82 Å². The number of ether oxygens (including phenoxy) is 1. The number of hydrogen-bond acceptors (Lipinski definition) is 6. The van der Waals surface area contributed by atoms with Crippen molar-refractivity contribution < 1.29 is 9.53 Å². The van der Waals surface area contributed by atoms with Gasteiger partial charge < -0.3 is 14.6 Å². The van der Waals surface area contributed by atoms with Crippen LogP contribution in [0.3, 0.4) is 0 Å². The van der Waals surface area contributed by atoms with Gasteiger partial charge in [0.25, 0.3) is 0 Å². The summed E-state index contributed by atoms with van der Waals surface area (Å²) < 4.78 is 5.16. The van der Waals surface area contributed by atoms with Crippen LogP contribution in [0.25, 0.3) is 11.0 Å². The van der Waals surface area contributed by atoms with Gasteiger partial charge in [-0.25, -0.2) is 14.8 Å². The summed E-state index contributed by atoms with van der Waals surface area (Å²) in [6.45, 7) is 6.34. The van der Waals surface area contributed by atoms with Crippen molar-refractivity contribution in [3.63, 3.8) is 0 Å². The molecule has 0 unspecified atom stereocenters. The maximum absolute atomic E-state index is 12.2. The second-order valence-electron chi connectivity index (χ2n) is 6.56. The molecule has 1 saturated heterocycles.